The highest BCUT2D eigenvalue weighted by molar-refractivity contribution is 5.85. The maximum atomic E-state index is 5.43. The zero-order valence-electron chi connectivity index (χ0n) is 13.3. The Morgan fingerprint density at radius 1 is 0.952 bits per heavy atom. The highest BCUT2D eigenvalue weighted by Crippen LogP contribution is 2.38. The summed E-state index contributed by atoms with van der Waals surface area (Å²) in [4.78, 5) is 4.70. The molecular weight excluding hydrogens is 264 g/mol. The van der Waals surface area contributed by atoms with Crippen LogP contribution in [0.4, 0.5) is 11.4 Å². The van der Waals surface area contributed by atoms with Crippen molar-refractivity contribution in [2.24, 2.45) is 0 Å². The number of aromatic nitrogens is 2. The highest BCUT2D eigenvalue weighted by atomic mass is 16.4. The molecule has 5 nitrogen and oxygen atoms in total. The number of anilines is 2. The quantitative estimate of drug-likeness (QED) is 0.781. The van der Waals surface area contributed by atoms with Gasteiger partial charge in [0.05, 0.1) is 16.9 Å². The topological polar surface area (TPSA) is 45.4 Å². The van der Waals surface area contributed by atoms with Crippen molar-refractivity contribution < 1.29 is 4.42 Å². The SMILES string of the molecule is CCN(CC)c1cccc(-c2nnco2)c1N(CC)CC. The standard InChI is InChI=1S/C16H24N4O/c1-5-19(6-2)14-11-9-10-13(16-18-17-12-21-16)15(14)20(7-3)8-4/h9-12H,5-8H2,1-4H3. The predicted molar refractivity (Wildman–Crippen MR) is 86.9 cm³/mol. The first kappa shape index (κ1) is 15.4. The van der Waals surface area contributed by atoms with Gasteiger partial charge in [-0.1, -0.05) is 6.07 Å². The summed E-state index contributed by atoms with van der Waals surface area (Å²) in [5.74, 6) is 0.575. The summed E-state index contributed by atoms with van der Waals surface area (Å²) in [6.45, 7) is 12.5. The molecule has 1 aromatic carbocycles. The normalized spacial score (nSPS) is 10.7. The van der Waals surface area contributed by atoms with E-state index < -0.39 is 0 Å². The summed E-state index contributed by atoms with van der Waals surface area (Å²) in [5, 5.41) is 7.91. The van der Waals surface area contributed by atoms with Crippen LogP contribution >= 0.6 is 0 Å². The molecule has 5 heteroatoms. The first-order valence-electron chi connectivity index (χ1n) is 7.66. The van der Waals surface area contributed by atoms with Crippen LogP contribution in [-0.4, -0.2) is 36.4 Å². The lowest BCUT2D eigenvalue weighted by atomic mass is 10.1. The van der Waals surface area contributed by atoms with Crippen LogP contribution in [0.2, 0.25) is 0 Å². The lowest BCUT2D eigenvalue weighted by Crippen LogP contribution is -2.28. The molecule has 0 spiro atoms. The Morgan fingerprint density at radius 3 is 2.14 bits per heavy atom. The van der Waals surface area contributed by atoms with Crippen molar-refractivity contribution in [1.29, 1.82) is 0 Å². The third-order valence-electron chi connectivity index (χ3n) is 3.79. The average Bonchev–Trinajstić information content (AvgIpc) is 3.05. The number of nitrogens with zero attached hydrogens (tertiary/aromatic N) is 4. The first-order chi connectivity index (χ1) is 10.3. The number of hydrogen-bond donors (Lipinski definition) is 0. The average molecular weight is 288 g/mol. The Bertz CT molecular complexity index is 545. The summed E-state index contributed by atoms with van der Waals surface area (Å²) in [5.41, 5.74) is 3.40. The van der Waals surface area contributed by atoms with Gasteiger partial charge in [-0.25, -0.2) is 0 Å². The van der Waals surface area contributed by atoms with E-state index in [1.165, 1.54) is 17.8 Å². The number of benzene rings is 1. The van der Waals surface area contributed by atoms with Crippen molar-refractivity contribution in [3.63, 3.8) is 0 Å². The zero-order chi connectivity index (χ0) is 15.2. The molecule has 0 saturated heterocycles. The summed E-state index contributed by atoms with van der Waals surface area (Å²) in [6, 6.07) is 6.27. The third kappa shape index (κ3) is 3.01. The molecule has 0 aliphatic heterocycles. The van der Waals surface area contributed by atoms with E-state index in [2.05, 4.69) is 59.8 Å². The molecule has 1 aromatic heterocycles. The summed E-state index contributed by atoms with van der Waals surface area (Å²) < 4.78 is 5.43. The van der Waals surface area contributed by atoms with Gasteiger partial charge in [0.25, 0.3) is 0 Å². The van der Waals surface area contributed by atoms with Gasteiger partial charge in [0.15, 0.2) is 0 Å². The molecule has 0 bridgehead atoms. The summed E-state index contributed by atoms with van der Waals surface area (Å²) in [6.07, 6.45) is 1.38. The second-order valence-electron chi connectivity index (χ2n) is 4.76. The number of para-hydroxylation sites is 1. The second kappa shape index (κ2) is 7.11. The van der Waals surface area contributed by atoms with Crippen LogP contribution in [0.25, 0.3) is 11.5 Å². The highest BCUT2D eigenvalue weighted by Gasteiger charge is 2.20. The Labute approximate surface area is 126 Å². The molecule has 0 aliphatic rings. The van der Waals surface area contributed by atoms with Gasteiger partial charge in [0, 0.05) is 26.2 Å². The largest absolute Gasteiger partial charge is 0.423 e. The molecule has 0 aliphatic carbocycles. The van der Waals surface area contributed by atoms with Crippen LogP contribution in [0.5, 0.6) is 0 Å². The smallest absolute Gasteiger partial charge is 0.249 e. The minimum Gasteiger partial charge on any atom is -0.423 e. The minimum atomic E-state index is 0.575. The van der Waals surface area contributed by atoms with Gasteiger partial charge in [-0.15, -0.1) is 10.2 Å². The van der Waals surface area contributed by atoms with Gasteiger partial charge in [-0.2, -0.15) is 0 Å². The van der Waals surface area contributed by atoms with Gasteiger partial charge in [-0.05, 0) is 39.8 Å². The summed E-state index contributed by atoms with van der Waals surface area (Å²) in [7, 11) is 0. The van der Waals surface area contributed by atoms with Crippen LogP contribution in [0, 0.1) is 0 Å². The molecule has 0 radical (unpaired) electrons. The van der Waals surface area contributed by atoms with Crippen molar-refractivity contribution in [2.75, 3.05) is 36.0 Å². The zero-order valence-corrected chi connectivity index (χ0v) is 13.3. The van der Waals surface area contributed by atoms with E-state index in [0.29, 0.717) is 5.89 Å². The van der Waals surface area contributed by atoms with E-state index in [1.807, 2.05) is 6.07 Å². The van der Waals surface area contributed by atoms with E-state index in [9.17, 15) is 0 Å². The molecule has 0 N–H and O–H groups in total. The molecule has 1 heterocycles. The maximum Gasteiger partial charge on any atom is 0.249 e. The third-order valence-corrected chi connectivity index (χ3v) is 3.79. The van der Waals surface area contributed by atoms with Crippen molar-refractivity contribution in [2.45, 2.75) is 27.7 Å². The summed E-state index contributed by atoms with van der Waals surface area (Å²) >= 11 is 0. The van der Waals surface area contributed by atoms with E-state index in [4.69, 9.17) is 4.42 Å². The molecule has 21 heavy (non-hydrogen) atoms. The molecule has 0 fully saturated rings. The van der Waals surface area contributed by atoms with Gasteiger partial charge >= 0.3 is 0 Å². The molecule has 0 amide bonds. The number of rotatable bonds is 7. The lowest BCUT2D eigenvalue weighted by molar-refractivity contribution is 0.568. The lowest BCUT2D eigenvalue weighted by Gasteiger charge is -2.31. The predicted octanol–water partition coefficient (Wildman–Crippen LogP) is 3.43. The van der Waals surface area contributed by atoms with Crippen molar-refractivity contribution in [3.8, 4) is 11.5 Å². The Balaban J connectivity index is 2.63. The van der Waals surface area contributed by atoms with Crippen molar-refractivity contribution in [3.05, 3.63) is 24.6 Å². The van der Waals surface area contributed by atoms with E-state index >= 15 is 0 Å². The van der Waals surface area contributed by atoms with Gasteiger partial charge in [0.2, 0.25) is 12.3 Å². The molecule has 2 rings (SSSR count). The van der Waals surface area contributed by atoms with E-state index in [1.54, 1.807) is 0 Å². The molecule has 0 atom stereocenters. The van der Waals surface area contributed by atoms with Gasteiger partial charge in [-0.3, -0.25) is 0 Å². The van der Waals surface area contributed by atoms with Crippen molar-refractivity contribution in [1.82, 2.24) is 10.2 Å². The fraction of sp³-hybridized carbons (Fsp3) is 0.500. The second-order valence-corrected chi connectivity index (χ2v) is 4.76. The maximum absolute atomic E-state index is 5.43. The van der Waals surface area contributed by atoms with E-state index in [-0.39, 0.29) is 0 Å². The molecule has 114 valence electrons. The molecule has 0 unspecified atom stereocenters. The van der Waals surface area contributed by atoms with Crippen LogP contribution in [0.3, 0.4) is 0 Å². The van der Waals surface area contributed by atoms with E-state index in [0.717, 1.165) is 31.7 Å². The Kier molecular flexibility index (Phi) is 5.20. The molecule has 2 aromatic rings. The minimum absolute atomic E-state index is 0.575. The molecule has 0 saturated carbocycles. The van der Waals surface area contributed by atoms with Crippen LogP contribution in [-0.2, 0) is 0 Å². The van der Waals surface area contributed by atoms with Crippen LogP contribution < -0.4 is 9.80 Å². The number of hydrogen-bond acceptors (Lipinski definition) is 5. The monoisotopic (exact) mass is 288 g/mol. The Morgan fingerprint density at radius 2 is 1.62 bits per heavy atom. The fourth-order valence-electron chi connectivity index (χ4n) is 2.69. The first-order valence-corrected chi connectivity index (χ1v) is 7.66. The van der Waals surface area contributed by atoms with Crippen molar-refractivity contribution >= 4 is 11.4 Å². The van der Waals surface area contributed by atoms with Crippen LogP contribution in [0.1, 0.15) is 27.7 Å². The molecular formula is C16H24N4O. The van der Waals surface area contributed by atoms with Crippen LogP contribution in [0.15, 0.2) is 29.0 Å². The van der Waals surface area contributed by atoms with Gasteiger partial charge < -0.3 is 14.2 Å². The van der Waals surface area contributed by atoms with Gasteiger partial charge in [0.1, 0.15) is 0 Å². The Hall–Kier alpha value is -2.04. The fourth-order valence-corrected chi connectivity index (χ4v) is 2.69.